The number of carbonyl (C=O) groups is 1. The summed E-state index contributed by atoms with van der Waals surface area (Å²) in [5, 5.41) is 4.98. The highest BCUT2D eigenvalue weighted by molar-refractivity contribution is 6.07. The molecular weight excluding hydrogens is 421 g/mol. The van der Waals surface area contributed by atoms with Crippen LogP contribution in [0.4, 0.5) is 10.1 Å². The first-order chi connectivity index (χ1) is 16.0. The fraction of sp³-hybridized carbons (Fsp3) is 0.148. The summed E-state index contributed by atoms with van der Waals surface area (Å²) in [6.45, 7) is 2.11. The minimum atomic E-state index is -0.583. The van der Waals surface area contributed by atoms with Crippen molar-refractivity contribution in [1.29, 1.82) is 0 Å². The van der Waals surface area contributed by atoms with Gasteiger partial charge in [-0.15, -0.1) is 0 Å². The molecule has 0 unspecified atom stereocenters. The number of anilines is 1. The molecule has 4 aromatic carbocycles. The molecule has 6 heteroatoms. The van der Waals surface area contributed by atoms with Gasteiger partial charge in [-0.3, -0.25) is 4.79 Å². The van der Waals surface area contributed by atoms with Crippen LogP contribution >= 0.6 is 0 Å². The van der Waals surface area contributed by atoms with Gasteiger partial charge < -0.3 is 19.5 Å². The predicted octanol–water partition coefficient (Wildman–Crippen LogP) is 6.31. The highest BCUT2D eigenvalue weighted by atomic mass is 19.1. The Labute approximate surface area is 191 Å². The number of carbonyl (C=O) groups excluding carboxylic acids is 1. The van der Waals surface area contributed by atoms with E-state index in [1.54, 1.807) is 27.2 Å². The molecule has 1 N–H and O–H groups in total. The normalized spacial score (nSPS) is 10.7. The van der Waals surface area contributed by atoms with Gasteiger partial charge in [-0.25, -0.2) is 4.39 Å². The predicted molar refractivity (Wildman–Crippen MR) is 128 cm³/mol. The van der Waals surface area contributed by atoms with E-state index in [4.69, 9.17) is 14.2 Å². The summed E-state index contributed by atoms with van der Waals surface area (Å²) in [7, 11) is 3.20. The topological polar surface area (TPSA) is 56.8 Å². The summed E-state index contributed by atoms with van der Waals surface area (Å²) in [5.41, 5.74) is 2.48. The number of rotatable bonds is 7. The Morgan fingerprint density at radius 3 is 2.27 bits per heavy atom. The molecule has 0 spiro atoms. The van der Waals surface area contributed by atoms with E-state index in [9.17, 15) is 9.18 Å². The van der Waals surface area contributed by atoms with Crippen LogP contribution in [-0.4, -0.2) is 26.7 Å². The van der Waals surface area contributed by atoms with Crippen LogP contribution < -0.4 is 19.5 Å². The third kappa shape index (κ3) is 4.75. The van der Waals surface area contributed by atoms with Crippen molar-refractivity contribution < 1.29 is 23.4 Å². The summed E-state index contributed by atoms with van der Waals surface area (Å²) in [4.78, 5) is 12.9. The van der Waals surface area contributed by atoms with E-state index in [-0.39, 0.29) is 11.3 Å². The van der Waals surface area contributed by atoms with Gasteiger partial charge in [-0.2, -0.15) is 0 Å². The Morgan fingerprint density at radius 1 is 0.848 bits per heavy atom. The number of hydrogen-bond donors (Lipinski definition) is 1. The Hall–Kier alpha value is -4.06. The van der Waals surface area contributed by atoms with E-state index in [1.807, 2.05) is 48.5 Å². The van der Waals surface area contributed by atoms with Gasteiger partial charge in [0.05, 0.1) is 26.5 Å². The highest BCUT2D eigenvalue weighted by Gasteiger charge is 2.15. The first-order valence-electron chi connectivity index (χ1n) is 10.5. The molecule has 5 nitrogen and oxygen atoms in total. The molecule has 0 aliphatic rings. The maximum Gasteiger partial charge on any atom is 0.255 e. The number of halogens is 1. The zero-order valence-corrected chi connectivity index (χ0v) is 18.6. The minimum Gasteiger partial charge on any atom is -0.497 e. The van der Waals surface area contributed by atoms with Gasteiger partial charge in [0.2, 0.25) is 0 Å². The Bertz CT molecular complexity index is 1320. The molecule has 4 aromatic rings. The largest absolute Gasteiger partial charge is 0.497 e. The molecule has 0 bridgehead atoms. The molecule has 0 aromatic heterocycles. The van der Waals surface area contributed by atoms with Crippen molar-refractivity contribution >= 4 is 22.4 Å². The zero-order valence-electron chi connectivity index (χ0n) is 18.6. The van der Waals surface area contributed by atoms with Gasteiger partial charge in [0, 0.05) is 17.2 Å². The SMILES string of the molecule is CCOc1ccc(C(=O)Nc2cc(OC)ccc2-c2ccc3cc(OC)ccc3c2)cc1F. The van der Waals surface area contributed by atoms with Crippen molar-refractivity contribution in [1.82, 2.24) is 0 Å². The van der Waals surface area contributed by atoms with Crippen molar-refractivity contribution in [2.24, 2.45) is 0 Å². The van der Waals surface area contributed by atoms with E-state index in [0.29, 0.717) is 18.0 Å². The summed E-state index contributed by atoms with van der Waals surface area (Å²) < 4.78 is 30.1. The van der Waals surface area contributed by atoms with Crippen molar-refractivity contribution in [3.05, 3.63) is 84.2 Å². The third-order valence-electron chi connectivity index (χ3n) is 5.33. The van der Waals surface area contributed by atoms with Crippen molar-refractivity contribution in [3.8, 4) is 28.4 Å². The molecule has 0 saturated carbocycles. The fourth-order valence-electron chi connectivity index (χ4n) is 3.63. The van der Waals surface area contributed by atoms with Crippen LogP contribution in [0.3, 0.4) is 0 Å². The lowest BCUT2D eigenvalue weighted by atomic mass is 9.99. The Balaban J connectivity index is 1.69. The number of nitrogens with one attached hydrogen (secondary N) is 1. The van der Waals surface area contributed by atoms with Gasteiger partial charge in [-0.1, -0.05) is 18.2 Å². The molecule has 4 rings (SSSR count). The molecule has 0 aliphatic carbocycles. The minimum absolute atomic E-state index is 0.115. The highest BCUT2D eigenvalue weighted by Crippen LogP contribution is 2.34. The molecule has 0 saturated heterocycles. The maximum atomic E-state index is 14.3. The van der Waals surface area contributed by atoms with Crippen molar-refractivity contribution in [2.75, 3.05) is 26.1 Å². The van der Waals surface area contributed by atoms with Crippen molar-refractivity contribution in [3.63, 3.8) is 0 Å². The van der Waals surface area contributed by atoms with E-state index in [1.165, 1.54) is 18.2 Å². The second-order valence-electron chi connectivity index (χ2n) is 7.37. The first kappa shape index (κ1) is 22.1. The van der Waals surface area contributed by atoms with Gasteiger partial charge in [-0.05, 0) is 71.8 Å². The molecule has 0 radical (unpaired) electrons. The molecule has 168 valence electrons. The molecule has 0 heterocycles. The maximum absolute atomic E-state index is 14.3. The number of benzene rings is 4. The standard InChI is InChI=1S/C27H24FNO4/c1-4-33-26-12-8-20(15-24(26)28)27(30)29-25-16-22(32-3)10-11-23(25)19-6-5-18-14-21(31-2)9-7-17(18)13-19/h5-16H,4H2,1-3H3,(H,29,30). The lowest BCUT2D eigenvalue weighted by molar-refractivity contribution is 0.102. The van der Waals surface area contributed by atoms with E-state index in [2.05, 4.69) is 5.32 Å². The van der Waals surface area contributed by atoms with Crippen molar-refractivity contribution in [2.45, 2.75) is 6.92 Å². The van der Waals surface area contributed by atoms with Gasteiger partial charge in [0.15, 0.2) is 11.6 Å². The van der Waals surface area contributed by atoms with E-state index < -0.39 is 11.7 Å². The lowest BCUT2D eigenvalue weighted by Crippen LogP contribution is -2.13. The molecule has 33 heavy (non-hydrogen) atoms. The molecule has 1 amide bonds. The number of amides is 1. The van der Waals surface area contributed by atoms with E-state index in [0.717, 1.165) is 27.6 Å². The smallest absolute Gasteiger partial charge is 0.255 e. The van der Waals surface area contributed by atoms with E-state index >= 15 is 0 Å². The van der Waals surface area contributed by atoms with Gasteiger partial charge >= 0.3 is 0 Å². The zero-order chi connectivity index (χ0) is 23.4. The number of ether oxygens (including phenoxy) is 3. The fourth-order valence-corrected chi connectivity index (χ4v) is 3.63. The van der Waals surface area contributed by atoms with Crippen LogP contribution in [0, 0.1) is 5.82 Å². The average molecular weight is 445 g/mol. The van der Waals surface area contributed by atoms with Crippen LogP contribution in [0.25, 0.3) is 21.9 Å². The van der Waals surface area contributed by atoms with Crippen LogP contribution in [0.1, 0.15) is 17.3 Å². The van der Waals surface area contributed by atoms with Crippen LogP contribution in [0.5, 0.6) is 17.2 Å². The van der Waals surface area contributed by atoms with Crippen LogP contribution in [-0.2, 0) is 0 Å². The Kier molecular flexibility index (Phi) is 6.45. The number of hydrogen-bond acceptors (Lipinski definition) is 4. The molecule has 0 atom stereocenters. The second kappa shape index (κ2) is 9.61. The number of fused-ring (bicyclic) bond motifs is 1. The van der Waals surface area contributed by atoms with Crippen LogP contribution in [0.2, 0.25) is 0 Å². The third-order valence-corrected chi connectivity index (χ3v) is 5.33. The average Bonchev–Trinajstić information content (AvgIpc) is 2.84. The quantitative estimate of drug-likeness (QED) is 0.362. The van der Waals surface area contributed by atoms with Gasteiger partial charge in [0.25, 0.3) is 5.91 Å². The molecule has 0 aliphatic heterocycles. The number of methoxy groups -OCH3 is 2. The van der Waals surface area contributed by atoms with Gasteiger partial charge in [0.1, 0.15) is 11.5 Å². The Morgan fingerprint density at radius 2 is 1.55 bits per heavy atom. The first-order valence-corrected chi connectivity index (χ1v) is 10.5. The molecule has 0 fully saturated rings. The second-order valence-corrected chi connectivity index (χ2v) is 7.37. The summed E-state index contributed by atoms with van der Waals surface area (Å²) in [6.07, 6.45) is 0. The lowest BCUT2D eigenvalue weighted by Gasteiger charge is -2.14. The summed E-state index contributed by atoms with van der Waals surface area (Å²) in [5.74, 6) is 0.480. The molecular formula is C27H24FNO4. The summed E-state index contributed by atoms with van der Waals surface area (Å²) in [6, 6.07) is 21.5. The summed E-state index contributed by atoms with van der Waals surface area (Å²) >= 11 is 0. The monoisotopic (exact) mass is 445 g/mol. The van der Waals surface area contributed by atoms with Crippen LogP contribution in [0.15, 0.2) is 72.8 Å².